The smallest absolute Gasteiger partial charge is 0.151 e. The number of hydrogen-bond donors (Lipinski definition) is 0. The van der Waals surface area contributed by atoms with E-state index in [1.807, 2.05) is 0 Å². The van der Waals surface area contributed by atoms with Crippen LogP contribution in [0.5, 0.6) is 0 Å². The lowest BCUT2D eigenvalue weighted by Crippen LogP contribution is -2.68. The molecule has 84 valence electrons. The number of halogens is 1. The Balaban J connectivity index is 0.000000292. The van der Waals surface area contributed by atoms with E-state index in [1.165, 1.54) is 32.2 Å². The molecule has 6 heteroatoms. The van der Waals surface area contributed by atoms with Crippen LogP contribution in [0, 0.1) is 10.2 Å². The van der Waals surface area contributed by atoms with Crippen LogP contribution in [-0.4, -0.2) is 23.9 Å². The Hall–Kier alpha value is -0.200. The van der Waals surface area contributed by atoms with Crippen LogP contribution in [0.2, 0.25) is 0 Å². The van der Waals surface area contributed by atoms with Crippen LogP contribution in [0.25, 0.3) is 0 Å². The van der Waals surface area contributed by atoms with Crippen molar-refractivity contribution in [1.29, 1.82) is 0 Å². The summed E-state index contributed by atoms with van der Waals surface area (Å²) in [4.78, 5) is 0. The van der Waals surface area contributed by atoms with Gasteiger partial charge in [-0.2, -0.15) is 0 Å². The molecule has 0 radical (unpaired) electrons. The molecule has 0 saturated carbocycles. The van der Waals surface area contributed by atoms with Crippen molar-refractivity contribution < 1.29 is 33.5 Å². The predicted molar refractivity (Wildman–Crippen MR) is 40.2 cm³/mol. The highest BCUT2D eigenvalue weighted by Crippen LogP contribution is 2.06. The Bertz CT molecular complexity index is 194. The topological polar surface area (TPSA) is 95.2 Å². The summed E-state index contributed by atoms with van der Waals surface area (Å²) < 4.78 is 36.4. The number of nitrogens with zero attached hydrogens (tertiary/aromatic N) is 1. The Kier molecular flexibility index (Phi) is 6.22. The molecule has 1 aliphatic heterocycles. The van der Waals surface area contributed by atoms with E-state index >= 15 is 0 Å². The Morgan fingerprint density at radius 3 is 2.00 bits per heavy atom. The lowest BCUT2D eigenvalue weighted by molar-refractivity contribution is -2.00. The second kappa shape index (κ2) is 6.31. The molecule has 0 aromatic carbocycles. The van der Waals surface area contributed by atoms with E-state index in [2.05, 4.69) is 18.5 Å². The normalized spacial score (nSPS) is 17.6. The van der Waals surface area contributed by atoms with Crippen molar-refractivity contribution in [3.8, 4) is 0 Å². The van der Waals surface area contributed by atoms with Crippen LogP contribution in [0.15, 0.2) is 0 Å². The fourth-order valence-electron chi connectivity index (χ4n) is 1.47. The van der Waals surface area contributed by atoms with Gasteiger partial charge in [0.1, 0.15) is 13.6 Å². The van der Waals surface area contributed by atoms with Crippen LogP contribution >= 0.6 is 0 Å². The summed E-state index contributed by atoms with van der Waals surface area (Å²) in [6.45, 7) is 3.53. The summed E-state index contributed by atoms with van der Waals surface area (Å²) >= 11 is 0. The van der Waals surface area contributed by atoms with Gasteiger partial charge in [0, 0.05) is 19.3 Å². The molecule has 0 saturated heterocycles. The van der Waals surface area contributed by atoms with Crippen molar-refractivity contribution in [2.24, 2.45) is 0 Å². The SMILES string of the molecule is CCC1=[N+](C)CCCC1.[O-][Cl+3]([O-])([O-])[O-]. The third-order valence-corrected chi connectivity index (χ3v) is 2.16. The highest BCUT2D eigenvalue weighted by molar-refractivity contribution is 5.79. The van der Waals surface area contributed by atoms with E-state index in [-0.39, 0.29) is 0 Å². The van der Waals surface area contributed by atoms with E-state index < -0.39 is 10.2 Å². The van der Waals surface area contributed by atoms with Crippen molar-refractivity contribution >= 4 is 5.71 Å². The molecule has 0 fully saturated rings. The maximum absolute atomic E-state index is 8.49. The highest BCUT2D eigenvalue weighted by Gasteiger charge is 2.12. The van der Waals surface area contributed by atoms with E-state index in [0.29, 0.717) is 0 Å². The highest BCUT2D eigenvalue weighted by atomic mass is 35.7. The Morgan fingerprint density at radius 2 is 1.71 bits per heavy atom. The molecule has 0 amide bonds. The molecule has 0 bridgehead atoms. The Morgan fingerprint density at radius 1 is 1.21 bits per heavy atom. The standard InChI is InChI=1S/C8H16N.ClHO4/c1-3-8-6-4-5-7-9(8)2;2-1(3,4)5/h3-7H2,1-2H3;(H,2,3,4,5)/q+1;/p-1. The van der Waals surface area contributed by atoms with Crippen molar-refractivity contribution in [2.45, 2.75) is 32.6 Å². The first-order valence-corrected chi connectivity index (χ1v) is 5.75. The van der Waals surface area contributed by atoms with Gasteiger partial charge in [-0.1, -0.05) is 6.92 Å². The van der Waals surface area contributed by atoms with Gasteiger partial charge >= 0.3 is 0 Å². The second-order valence-corrected chi connectivity index (χ2v) is 3.93. The monoisotopic (exact) mass is 225 g/mol. The molecular weight excluding hydrogens is 210 g/mol. The maximum atomic E-state index is 8.49. The zero-order valence-electron chi connectivity index (χ0n) is 8.49. The molecule has 0 atom stereocenters. The van der Waals surface area contributed by atoms with E-state index in [4.69, 9.17) is 18.6 Å². The summed E-state index contributed by atoms with van der Waals surface area (Å²) in [6.07, 6.45) is 5.39. The van der Waals surface area contributed by atoms with Crippen LogP contribution in [-0.2, 0) is 0 Å². The third-order valence-electron chi connectivity index (χ3n) is 2.16. The minimum atomic E-state index is -4.94. The summed E-state index contributed by atoms with van der Waals surface area (Å²) in [6, 6.07) is 0. The first-order chi connectivity index (χ1) is 6.34. The molecule has 1 heterocycles. The molecule has 1 aliphatic rings. The molecule has 0 aliphatic carbocycles. The van der Waals surface area contributed by atoms with Crippen molar-refractivity contribution in [3.63, 3.8) is 0 Å². The molecule has 0 N–H and O–H groups in total. The van der Waals surface area contributed by atoms with Gasteiger partial charge < -0.3 is 0 Å². The molecular formula is C8H16ClNO4. The second-order valence-electron chi connectivity index (χ2n) is 3.18. The molecule has 0 spiro atoms. The van der Waals surface area contributed by atoms with Crippen LogP contribution < -0.4 is 18.6 Å². The third kappa shape index (κ3) is 8.40. The average Bonchev–Trinajstić information content (AvgIpc) is 2.02. The fourth-order valence-corrected chi connectivity index (χ4v) is 1.47. The molecule has 5 nitrogen and oxygen atoms in total. The minimum absolute atomic E-state index is 1.25. The van der Waals surface area contributed by atoms with Gasteiger partial charge in [0.2, 0.25) is 0 Å². The molecule has 1 rings (SSSR count). The molecule has 0 aromatic heterocycles. The molecule has 0 unspecified atom stereocenters. The summed E-state index contributed by atoms with van der Waals surface area (Å²) in [5.74, 6) is 0. The van der Waals surface area contributed by atoms with Crippen molar-refractivity contribution in [1.82, 2.24) is 0 Å². The van der Waals surface area contributed by atoms with Crippen LogP contribution in [0.1, 0.15) is 32.6 Å². The average molecular weight is 226 g/mol. The summed E-state index contributed by atoms with van der Waals surface area (Å²) in [5, 5.41) is 0. The van der Waals surface area contributed by atoms with Gasteiger partial charge in [-0.3, -0.25) is 0 Å². The summed E-state index contributed by atoms with van der Waals surface area (Å²) in [7, 11) is -2.74. The minimum Gasteiger partial charge on any atom is -0.240 e. The fraction of sp³-hybridized carbons (Fsp3) is 0.875. The molecule has 14 heavy (non-hydrogen) atoms. The van der Waals surface area contributed by atoms with Gasteiger partial charge in [0.05, 0.1) is 0 Å². The van der Waals surface area contributed by atoms with E-state index in [0.717, 1.165) is 0 Å². The number of rotatable bonds is 1. The zero-order valence-corrected chi connectivity index (χ0v) is 9.25. The van der Waals surface area contributed by atoms with Gasteiger partial charge in [-0.15, -0.1) is 10.2 Å². The van der Waals surface area contributed by atoms with Gasteiger partial charge in [0.15, 0.2) is 5.71 Å². The van der Waals surface area contributed by atoms with Gasteiger partial charge in [-0.05, 0) is 6.42 Å². The maximum Gasteiger partial charge on any atom is 0.151 e. The lowest BCUT2D eigenvalue weighted by Gasteiger charge is -2.17. The van der Waals surface area contributed by atoms with Crippen molar-refractivity contribution in [3.05, 3.63) is 0 Å². The number of hydrogen-bond acceptors (Lipinski definition) is 4. The quantitative estimate of drug-likeness (QED) is 0.442. The van der Waals surface area contributed by atoms with Gasteiger partial charge in [-0.25, -0.2) is 23.2 Å². The lowest BCUT2D eigenvalue weighted by atomic mass is 10.1. The largest absolute Gasteiger partial charge is 0.240 e. The molecule has 0 aromatic rings. The van der Waals surface area contributed by atoms with Crippen molar-refractivity contribution in [2.75, 3.05) is 13.6 Å². The van der Waals surface area contributed by atoms with Crippen LogP contribution in [0.3, 0.4) is 0 Å². The van der Waals surface area contributed by atoms with E-state index in [1.54, 1.807) is 5.71 Å². The first kappa shape index (κ1) is 13.8. The predicted octanol–water partition coefficient (Wildman–Crippen LogP) is -3.09. The first-order valence-electron chi connectivity index (χ1n) is 4.52. The van der Waals surface area contributed by atoms with Crippen LogP contribution in [0.4, 0.5) is 0 Å². The summed E-state index contributed by atoms with van der Waals surface area (Å²) in [5.41, 5.74) is 1.64. The van der Waals surface area contributed by atoms with Gasteiger partial charge in [0.25, 0.3) is 0 Å². The Labute approximate surface area is 86.0 Å². The van der Waals surface area contributed by atoms with E-state index in [9.17, 15) is 0 Å². The zero-order chi connectivity index (χ0) is 11.2.